The van der Waals surface area contributed by atoms with Crippen LogP contribution in [-0.4, -0.2) is 27.6 Å². The van der Waals surface area contributed by atoms with Crippen LogP contribution in [0.1, 0.15) is 5.56 Å². The van der Waals surface area contributed by atoms with Crippen molar-refractivity contribution in [2.24, 2.45) is 0 Å². The summed E-state index contributed by atoms with van der Waals surface area (Å²) in [5, 5.41) is 8.73. The first-order valence-corrected chi connectivity index (χ1v) is 4.56. The summed E-state index contributed by atoms with van der Waals surface area (Å²) < 4.78 is 0. The number of hydrogen-bond acceptors (Lipinski definition) is 2. The molecule has 2 rings (SSSR count). The first kappa shape index (κ1) is 9.45. The summed E-state index contributed by atoms with van der Waals surface area (Å²) in [7, 11) is 0. The van der Waals surface area contributed by atoms with Gasteiger partial charge in [0.25, 0.3) is 0 Å². The van der Waals surface area contributed by atoms with E-state index in [1.54, 1.807) is 24.7 Å². The predicted octanol–water partition coefficient (Wildman–Crippen LogP) is 1.97. The second-order valence-corrected chi connectivity index (χ2v) is 3.15. The molecule has 0 bridgehead atoms. The summed E-state index contributed by atoms with van der Waals surface area (Å²) in [6, 6.07) is 3.79. The molecule has 4 nitrogen and oxygen atoms in total. The van der Waals surface area contributed by atoms with Crippen LogP contribution >= 0.6 is 0 Å². The van der Waals surface area contributed by atoms with Crippen LogP contribution in [0.5, 0.6) is 0 Å². The predicted molar refractivity (Wildman–Crippen MR) is 56.1 cm³/mol. The molecule has 1 aliphatic rings. The minimum atomic E-state index is -0.934. The van der Waals surface area contributed by atoms with E-state index in [0.717, 1.165) is 11.1 Å². The SMILES string of the molecule is O=C(O)N1C=CC(c2ccncc2)=CC1. The number of rotatable bonds is 1. The van der Waals surface area contributed by atoms with E-state index in [0.29, 0.717) is 6.54 Å². The summed E-state index contributed by atoms with van der Waals surface area (Å²) in [4.78, 5) is 15.8. The molecular weight excluding hydrogens is 192 g/mol. The fraction of sp³-hybridized carbons (Fsp3) is 0.0909. The second-order valence-electron chi connectivity index (χ2n) is 3.15. The van der Waals surface area contributed by atoms with Gasteiger partial charge in [0.1, 0.15) is 0 Å². The van der Waals surface area contributed by atoms with Gasteiger partial charge < -0.3 is 5.11 Å². The molecule has 1 aliphatic heterocycles. The number of carboxylic acid groups (broad SMARTS) is 1. The summed E-state index contributed by atoms with van der Waals surface area (Å²) in [5.41, 5.74) is 2.07. The molecule has 0 saturated heterocycles. The molecular formula is C11H10N2O2. The van der Waals surface area contributed by atoms with Crippen LogP contribution in [0.25, 0.3) is 5.57 Å². The van der Waals surface area contributed by atoms with Crippen molar-refractivity contribution < 1.29 is 9.90 Å². The number of nitrogens with zero attached hydrogens (tertiary/aromatic N) is 2. The Kier molecular flexibility index (Phi) is 2.49. The fourth-order valence-electron chi connectivity index (χ4n) is 1.40. The van der Waals surface area contributed by atoms with E-state index in [1.807, 2.05) is 18.2 Å². The van der Waals surface area contributed by atoms with Crippen molar-refractivity contribution in [2.75, 3.05) is 6.54 Å². The summed E-state index contributed by atoms with van der Waals surface area (Å²) in [6.45, 7) is 0.392. The lowest BCUT2D eigenvalue weighted by Crippen LogP contribution is -2.25. The van der Waals surface area contributed by atoms with Crippen molar-refractivity contribution in [1.29, 1.82) is 0 Å². The highest BCUT2D eigenvalue weighted by Crippen LogP contribution is 2.18. The molecule has 2 heterocycles. The van der Waals surface area contributed by atoms with Gasteiger partial charge >= 0.3 is 6.09 Å². The minimum Gasteiger partial charge on any atom is -0.465 e. The molecule has 1 aromatic heterocycles. The smallest absolute Gasteiger partial charge is 0.411 e. The van der Waals surface area contributed by atoms with Crippen molar-refractivity contribution >= 4 is 11.7 Å². The van der Waals surface area contributed by atoms with Gasteiger partial charge in [-0.1, -0.05) is 6.08 Å². The van der Waals surface area contributed by atoms with Gasteiger partial charge in [0, 0.05) is 25.1 Å². The Balaban J connectivity index is 2.17. The lowest BCUT2D eigenvalue weighted by molar-refractivity contribution is 0.166. The Morgan fingerprint density at radius 3 is 2.67 bits per heavy atom. The first-order chi connectivity index (χ1) is 7.27. The van der Waals surface area contributed by atoms with E-state index in [9.17, 15) is 4.79 Å². The molecule has 0 aliphatic carbocycles. The topological polar surface area (TPSA) is 53.4 Å². The van der Waals surface area contributed by atoms with Gasteiger partial charge in [0.05, 0.1) is 0 Å². The van der Waals surface area contributed by atoms with E-state index in [-0.39, 0.29) is 0 Å². The summed E-state index contributed by atoms with van der Waals surface area (Å²) >= 11 is 0. The fourth-order valence-corrected chi connectivity index (χ4v) is 1.40. The van der Waals surface area contributed by atoms with Gasteiger partial charge in [-0.05, 0) is 29.3 Å². The van der Waals surface area contributed by atoms with E-state index in [4.69, 9.17) is 5.11 Å². The van der Waals surface area contributed by atoms with E-state index in [1.165, 1.54) is 4.90 Å². The average molecular weight is 202 g/mol. The standard InChI is InChI=1S/C11H10N2O2/c14-11(15)13-7-3-10(4-8-13)9-1-5-12-6-2-9/h1-7H,8H2,(H,14,15). The minimum absolute atomic E-state index is 0.392. The summed E-state index contributed by atoms with van der Waals surface area (Å²) in [6.07, 6.45) is 7.73. The van der Waals surface area contributed by atoms with Crippen molar-refractivity contribution in [3.05, 3.63) is 48.4 Å². The molecule has 15 heavy (non-hydrogen) atoms. The third kappa shape index (κ3) is 2.04. The molecule has 0 aromatic carbocycles. The van der Waals surface area contributed by atoms with Crippen LogP contribution in [0.3, 0.4) is 0 Å². The maximum absolute atomic E-state index is 10.6. The third-order valence-electron chi connectivity index (χ3n) is 2.20. The molecule has 1 aromatic rings. The average Bonchev–Trinajstić information content (AvgIpc) is 2.30. The lowest BCUT2D eigenvalue weighted by Gasteiger charge is -2.17. The van der Waals surface area contributed by atoms with Crippen LogP contribution in [0.15, 0.2) is 42.9 Å². The second kappa shape index (κ2) is 3.96. The van der Waals surface area contributed by atoms with Crippen molar-refractivity contribution in [3.8, 4) is 0 Å². The molecule has 0 atom stereocenters. The molecule has 1 amide bonds. The maximum atomic E-state index is 10.6. The first-order valence-electron chi connectivity index (χ1n) is 4.56. The zero-order valence-corrected chi connectivity index (χ0v) is 8.00. The molecule has 0 unspecified atom stereocenters. The number of amides is 1. The number of hydrogen-bond donors (Lipinski definition) is 1. The van der Waals surface area contributed by atoms with Crippen LogP contribution in [0.2, 0.25) is 0 Å². The third-order valence-corrected chi connectivity index (χ3v) is 2.20. The quantitative estimate of drug-likeness (QED) is 0.757. The highest BCUT2D eigenvalue weighted by atomic mass is 16.4. The Morgan fingerprint density at radius 2 is 2.13 bits per heavy atom. The molecule has 4 heteroatoms. The van der Waals surface area contributed by atoms with Crippen molar-refractivity contribution in [2.45, 2.75) is 0 Å². The molecule has 0 saturated carbocycles. The van der Waals surface area contributed by atoms with Gasteiger partial charge in [-0.2, -0.15) is 0 Å². The number of carbonyl (C=O) groups is 1. The van der Waals surface area contributed by atoms with Gasteiger partial charge in [0.2, 0.25) is 0 Å². The number of aromatic nitrogens is 1. The Hall–Kier alpha value is -2.10. The monoisotopic (exact) mass is 202 g/mol. The zero-order chi connectivity index (χ0) is 10.7. The molecule has 0 spiro atoms. The Morgan fingerprint density at radius 1 is 1.40 bits per heavy atom. The Labute approximate surface area is 87.2 Å². The zero-order valence-electron chi connectivity index (χ0n) is 8.00. The van der Waals surface area contributed by atoms with Crippen LogP contribution in [-0.2, 0) is 0 Å². The largest absolute Gasteiger partial charge is 0.465 e. The van der Waals surface area contributed by atoms with E-state index >= 15 is 0 Å². The highest BCUT2D eigenvalue weighted by Gasteiger charge is 2.10. The normalized spacial score (nSPS) is 14.9. The maximum Gasteiger partial charge on any atom is 0.411 e. The van der Waals surface area contributed by atoms with Crippen molar-refractivity contribution in [3.63, 3.8) is 0 Å². The van der Waals surface area contributed by atoms with Gasteiger partial charge in [-0.3, -0.25) is 9.88 Å². The van der Waals surface area contributed by atoms with Crippen LogP contribution < -0.4 is 0 Å². The molecule has 1 N–H and O–H groups in total. The van der Waals surface area contributed by atoms with Crippen LogP contribution in [0.4, 0.5) is 4.79 Å². The van der Waals surface area contributed by atoms with Gasteiger partial charge in [-0.15, -0.1) is 0 Å². The highest BCUT2D eigenvalue weighted by molar-refractivity contribution is 5.77. The number of allylic oxidation sites excluding steroid dienone is 2. The van der Waals surface area contributed by atoms with E-state index < -0.39 is 6.09 Å². The molecule has 0 radical (unpaired) electrons. The lowest BCUT2D eigenvalue weighted by atomic mass is 10.1. The van der Waals surface area contributed by atoms with Crippen LogP contribution in [0, 0.1) is 0 Å². The molecule has 0 fully saturated rings. The number of pyridine rings is 1. The summed E-state index contributed by atoms with van der Waals surface area (Å²) in [5.74, 6) is 0. The van der Waals surface area contributed by atoms with Gasteiger partial charge in [-0.25, -0.2) is 4.79 Å². The Bertz CT molecular complexity index is 423. The molecule has 76 valence electrons. The van der Waals surface area contributed by atoms with Gasteiger partial charge in [0.15, 0.2) is 0 Å². The van der Waals surface area contributed by atoms with Crippen molar-refractivity contribution in [1.82, 2.24) is 9.88 Å². The van der Waals surface area contributed by atoms with E-state index in [2.05, 4.69) is 4.98 Å².